The first-order valence-corrected chi connectivity index (χ1v) is 6.37. The fraction of sp³-hybridized carbons (Fsp3) is 0.375. The molecule has 1 amide bonds. The standard InChI is InChI=1S/C8H10F3N3OS2/c1-16-5-3(12)4(6(13)15)17-7(5)14-2-8(9,10)11/h14H,2,12H2,1H3,(H2,13,15). The Balaban J connectivity index is 2.99. The van der Waals surface area contributed by atoms with Crippen LogP contribution in [0.1, 0.15) is 9.67 Å². The second-order valence-corrected chi connectivity index (χ2v) is 4.88. The number of nitrogen functional groups attached to an aromatic ring is 1. The summed E-state index contributed by atoms with van der Waals surface area (Å²) in [6, 6.07) is 0. The normalized spacial score (nSPS) is 11.5. The molecule has 4 nitrogen and oxygen atoms in total. The van der Waals surface area contributed by atoms with Crippen molar-refractivity contribution in [1.82, 2.24) is 0 Å². The van der Waals surface area contributed by atoms with Crippen molar-refractivity contribution in [1.29, 1.82) is 0 Å². The third-order valence-electron chi connectivity index (χ3n) is 1.78. The summed E-state index contributed by atoms with van der Waals surface area (Å²) in [6.07, 6.45) is -2.68. The summed E-state index contributed by atoms with van der Waals surface area (Å²) in [5.41, 5.74) is 10.8. The Labute approximate surface area is 104 Å². The third-order valence-corrected chi connectivity index (χ3v) is 3.92. The van der Waals surface area contributed by atoms with Gasteiger partial charge in [-0.15, -0.1) is 23.1 Å². The number of amides is 1. The molecule has 5 N–H and O–H groups in total. The second-order valence-electron chi connectivity index (χ2n) is 3.04. The van der Waals surface area contributed by atoms with E-state index in [4.69, 9.17) is 11.5 Å². The molecule has 0 aliphatic carbocycles. The quantitative estimate of drug-likeness (QED) is 0.740. The topological polar surface area (TPSA) is 81.1 Å². The van der Waals surface area contributed by atoms with Crippen molar-refractivity contribution >= 4 is 39.7 Å². The van der Waals surface area contributed by atoms with Crippen LogP contribution in [0.15, 0.2) is 4.90 Å². The highest BCUT2D eigenvalue weighted by Crippen LogP contribution is 2.41. The zero-order chi connectivity index (χ0) is 13.2. The van der Waals surface area contributed by atoms with Crippen molar-refractivity contribution in [3.8, 4) is 0 Å². The van der Waals surface area contributed by atoms with E-state index in [-0.39, 0.29) is 15.6 Å². The van der Waals surface area contributed by atoms with Crippen molar-refractivity contribution in [2.45, 2.75) is 11.1 Å². The number of rotatable bonds is 4. The van der Waals surface area contributed by atoms with Gasteiger partial charge in [-0.1, -0.05) is 0 Å². The summed E-state index contributed by atoms with van der Waals surface area (Å²) in [5, 5.41) is 2.41. The summed E-state index contributed by atoms with van der Waals surface area (Å²) in [7, 11) is 0. The second kappa shape index (κ2) is 5.05. The van der Waals surface area contributed by atoms with Gasteiger partial charge in [-0.2, -0.15) is 13.2 Å². The number of nitrogens with one attached hydrogen (secondary N) is 1. The average Bonchev–Trinajstić information content (AvgIpc) is 2.51. The monoisotopic (exact) mass is 285 g/mol. The van der Waals surface area contributed by atoms with E-state index in [9.17, 15) is 18.0 Å². The third kappa shape index (κ3) is 3.43. The van der Waals surface area contributed by atoms with Crippen LogP contribution in [0, 0.1) is 0 Å². The molecule has 1 heterocycles. The van der Waals surface area contributed by atoms with E-state index in [2.05, 4.69) is 5.32 Å². The highest BCUT2D eigenvalue weighted by atomic mass is 32.2. The smallest absolute Gasteiger partial charge is 0.396 e. The van der Waals surface area contributed by atoms with Gasteiger partial charge in [0.15, 0.2) is 0 Å². The largest absolute Gasteiger partial charge is 0.405 e. The lowest BCUT2D eigenvalue weighted by molar-refractivity contribution is -0.115. The number of nitrogens with two attached hydrogens (primary N) is 2. The summed E-state index contributed by atoms with van der Waals surface area (Å²) in [5.74, 6) is -0.747. The highest BCUT2D eigenvalue weighted by Gasteiger charge is 2.28. The lowest BCUT2D eigenvalue weighted by Crippen LogP contribution is -2.21. The minimum absolute atomic E-state index is 0.0685. The number of thiophene rings is 1. The first kappa shape index (κ1) is 14.0. The van der Waals surface area contributed by atoms with Gasteiger partial charge in [0.05, 0.1) is 10.6 Å². The zero-order valence-electron chi connectivity index (χ0n) is 8.72. The number of primary amides is 1. The highest BCUT2D eigenvalue weighted by molar-refractivity contribution is 7.99. The molecule has 1 aromatic heterocycles. The number of carbonyl (C=O) groups excluding carboxylic acids is 1. The minimum atomic E-state index is -4.33. The Hall–Kier alpha value is -1.09. The van der Waals surface area contributed by atoms with E-state index in [1.165, 1.54) is 0 Å². The van der Waals surface area contributed by atoms with Crippen molar-refractivity contribution in [2.75, 3.05) is 23.9 Å². The van der Waals surface area contributed by atoms with Gasteiger partial charge in [0.2, 0.25) is 0 Å². The van der Waals surface area contributed by atoms with Gasteiger partial charge in [-0.3, -0.25) is 4.79 Å². The Kier molecular flexibility index (Phi) is 4.15. The zero-order valence-corrected chi connectivity index (χ0v) is 10.4. The number of carbonyl (C=O) groups is 1. The Morgan fingerprint density at radius 2 is 2.12 bits per heavy atom. The molecule has 0 bridgehead atoms. The van der Waals surface area contributed by atoms with Crippen LogP contribution in [0.25, 0.3) is 0 Å². The van der Waals surface area contributed by atoms with Gasteiger partial charge in [-0.25, -0.2) is 0 Å². The van der Waals surface area contributed by atoms with Gasteiger partial charge in [-0.05, 0) is 6.26 Å². The molecule has 0 saturated carbocycles. The molecule has 0 atom stereocenters. The van der Waals surface area contributed by atoms with Crippen molar-refractivity contribution in [2.24, 2.45) is 5.73 Å². The van der Waals surface area contributed by atoms with Crippen LogP contribution in [0.3, 0.4) is 0 Å². The molecule has 0 radical (unpaired) electrons. The van der Waals surface area contributed by atoms with Crippen LogP contribution in [0.4, 0.5) is 23.9 Å². The molecule has 0 saturated heterocycles. The molecule has 9 heteroatoms. The fourth-order valence-electron chi connectivity index (χ4n) is 1.11. The van der Waals surface area contributed by atoms with E-state index < -0.39 is 18.6 Å². The van der Waals surface area contributed by atoms with Gasteiger partial charge in [0.1, 0.15) is 16.4 Å². The predicted octanol–water partition coefficient (Wildman–Crippen LogP) is 2.13. The van der Waals surface area contributed by atoms with Gasteiger partial charge in [0.25, 0.3) is 5.91 Å². The van der Waals surface area contributed by atoms with Crippen molar-refractivity contribution in [3.63, 3.8) is 0 Å². The van der Waals surface area contributed by atoms with Gasteiger partial charge < -0.3 is 16.8 Å². The van der Waals surface area contributed by atoms with Crippen LogP contribution >= 0.6 is 23.1 Å². The number of anilines is 2. The summed E-state index contributed by atoms with van der Waals surface area (Å²) >= 11 is 1.99. The van der Waals surface area contributed by atoms with Crippen molar-refractivity contribution < 1.29 is 18.0 Å². The van der Waals surface area contributed by atoms with Crippen LogP contribution < -0.4 is 16.8 Å². The maximum Gasteiger partial charge on any atom is 0.405 e. The van der Waals surface area contributed by atoms with E-state index in [1.807, 2.05) is 0 Å². The van der Waals surface area contributed by atoms with E-state index in [0.717, 1.165) is 23.1 Å². The predicted molar refractivity (Wildman–Crippen MR) is 63.6 cm³/mol. The summed E-state index contributed by atoms with van der Waals surface area (Å²) in [6.45, 7) is -1.18. The molecule has 0 aromatic carbocycles. The average molecular weight is 285 g/mol. The molecule has 0 spiro atoms. The minimum Gasteiger partial charge on any atom is -0.396 e. The Morgan fingerprint density at radius 3 is 2.53 bits per heavy atom. The fourth-order valence-corrected chi connectivity index (χ4v) is 2.99. The summed E-state index contributed by atoms with van der Waals surface area (Å²) < 4.78 is 36.2. The molecule has 0 unspecified atom stereocenters. The van der Waals surface area contributed by atoms with Gasteiger partial charge in [0, 0.05) is 0 Å². The number of hydrogen-bond acceptors (Lipinski definition) is 5. The van der Waals surface area contributed by atoms with E-state index >= 15 is 0 Å². The molecule has 0 fully saturated rings. The maximum atomic E-state index is 12.1. The number of thioether (sulfide) groups is 1. The lowest BCUT2D eigenvalue weighted by Gasteiger charge is -2.08. The number of hydrogen-bond donors (Lipinski definition) is 3. The Bertz CT molecular complexity index is 430. The first-order valence-electron chi connectivity index (χ1n) is 4.33. The molecule has 1 aromatic rings. The molecule has 0 aliphatic heterocycles. The maximum absolute atomic E-state index is 12.1. The van der Waals surface area contributed by atoms with Crippen LogP contribution in [-0.4, -0.2) is 24.9 Å². The van der Waals surface area contributed by atoms with Gasteiger partial charge >= 0.3 is 6.18 Å². The first-order chi connectivity index (χ1) is 7.76. The molecular formula is C8H10F3N3OS2. The number of alkyl halides is 3. The van der Waals surface area contributed by atoms with Crippen LogP contribution in [0.2, 0.25) is 0 Å². The Morgan fingerprint density at radius 1 is 1.53 bits per heavy atom. The molecule has 1 rings (SSSR count). The van der Waals surface area contributed by atoms with Crippen LogP contribution in [0.5, 0.6) is 0 Å². The SMILES string of the molecule is CSc1c(NCC(F)(F)F)sc(C(N)=O)c1N. The molecular weight excluding hydrogens is 275 g/mol. The molecule has 96 valence electrons. The lowest BCUT2D eigenvalue weighted by atomic mass is 10.4. The number of halogens is 3. The van der Waals surface area contributed by atoms with E-state index in [1.54, 1.807) is 6.26 Å². The van der Waals surface area contributed by atoms with Crippen molar-refractivity contribution in [3.05, 3.63) is 4.88 Å². The summed E-state index contributed by atoms with van der Waals surface area (Å²) in [4.78, 5) is 11.5. The van der Waals surface area contributed by atoms with E-state index in [0.29, 0.717) is 4.90 Å². The van der Waals surface area contributed by atoms with Crippen LogP contribution in [-0.2, 0) is 0 Å². The molecule has 0 aliphatic rings. The molecule has 17 heavy (non-hydrogen) atoms.